The molecule has 2 aromatic rings. The standard InChI is InChI=1S/C26H31ClN4O4/c1-16-9-7-11-19(18(16)3)23(24(33)30-22-17(2)10-8-12-20(22)27)31(14-13-28)21(32)15-29-25(34)35-26(4,5)6/h7-12,23H,14-15H2,1-6H3,(H,29,34)(H,30,33). The lowest BCUT2D eigenvalue weighted by molar-refractivity contribution is -0.137. The summed E-state index contributed by atoms with van der Waals surface area (Å²) in [6.07, 6.45) is -0.776. The number of anilines is 1. The monoisotopic (exact) mass is 498 g/mol. The molecule has 9 heteroatoms. The van der Waals surface area contributed by atoms with Crippen LogP contribution in [0.2, 0.25) is 5.02 Å². The first-order valence-corrected chi connectivity index (χ1v) is 11.5. The van der Waals surface area contributed by atoms with E-state index in [-0.39, 0.29) is 6.54 Å². The van der Waals surface area contributed by atoms with Crippen LogP contribution in [0.5, 0.6) is 0 Å². The van der Waals surface area contributed by atoms with Gasteiger partial charge in [0.25, 0.3) is 5.91 Å². The SMILES string of the molecule is Cc1cccc(C(C(=O)Nc2c(C)cccc2Cl)N(CC#N)C(=O)CNC(=O)OC(C)(C)C)c1C. The van der Waals surface area contributed by atoms with Crippen molar-refractivity contribution < 1.29 is 19.1 Å². The Balaban J connectivity index is 2.45. The normalized spacial score (nSPS) is 11.7. The first-order chi connectivity index (χ1) is 16.4. The first-order valence-electron chi connectivity index (χ1n) is 11.1. The molecule has 0 saturated carbocycles. The van der Waals surface area contributed by atoms with Crippen LogP contribution in [0.1, 0.15) is 49.1 Å². The summed E-state index contributed by atoms with van der Waals surface area (Å²) in [4.78, 5) is 40.1. The molecular formula is C26H31ClN4O4. The zero-order chi connectivity index (χ0) is 26.3. The van der Waals surface area contributed by atoms with Gasteiger partial charge < -0.3 is 20.3 Å². The van der Waals surface area contributed by atoms with Crippen LogP contribution in [0.3, 0.4) is 0 Å². The molecule has 0 aliphatic heterocycles. The van der Waals surface area contributed by atoms with Crippen molar-refractivity contribution in [2.45, 2.75) is 53.2 Å². The third kappa shape index (κ3) is 7.46. The second-order valence-electron chi connectivity index (χ2n) is 9.15. The number of carbonyl (C=O) groups is 3. The van der Waals surface area contributed by atoms with Crippen LogP contribution >= 0.6 is 11.6 Å². The summed E-state index contributed by atoms with van der Waals surface area (Å²) in [6.45, 7) is 9.83. The van der Waals surface area contributed by atoms with Gasteiger partial charge in [0, 0.05) is 0 Å². The molecule has 0 saturated heterocycles. The van der Waals surface area contributed by atoms with Gasteiger partial charge in [0.15, 0.2) is 0 Å². The number of hydrogen-bond acceptors (Lipinski definition) is 5. The number of para-hydroxylation sites is 1. The minimum absolute atomic E-state index is 0.350. The van der Waals surface area contributed by atoms with Crippen molar-refractivity contribution in [3.05, 3.63) is 63.7 Å². The average molecular weight is 499 g/mol. The van der Waals surface area contributed by atoms with Gasteiger partial charge in [-0.3, -0.25) is 9.59 Å². The third-order valence-electron chi connectivity index (χ3n) is 5.32. The van der Waals surface area contributed by atoms with Gasteiger partial charge in [-0.25, -0.2) is 4.79 Å². The number of nitriles is 1. The number of rotatable bonds is 7. The lowest BCUT2D eigenvalue weighted by Gasteiger charge is -2.31. The quantitative estimate of drug-likeness (QED) is 0.531. The fraction of sp³-hybridized carbons (Fsp3) is 0.385. The largest absolute Gasteiger partial charge is 0.444 e. The van der Waals surface area contributed by atoms with E-state index < -0.39 is 36.1 Å². The number of nitrogens with one attached hydrogen (secondary N) is 2. The summed E-state index contributed by atoms with van der Waals surface area (Å²) in [5.74, 6) is -1.15. The van der Waals surface area contributed by atoms with Crippen molar-refractivity contribution in [3.63, 3.8) is 0 Å². The number of benzene rings is 2. The molecule has 2 N–H and O–H groups in total. The van der Waals surface area contributed by atoms with Crippen LogP contribution in [-0.2, 0) is 14.3 Å². The van der Waals surface area contributed by atoms with Gasteiger partial charge in [0.1, 0.15) is 24.7 Å². The summed E-state index contributed by atoms with van der Waals surface area (Å²) in [5, 5.41) is 15.1. The van der Waals surface area contributed by atoms with Crippen molar-refractivity contribution in [3.8, 4) is 6.07 Å². The van der Waals surface area contributed by atoms with E-state index in [0.717, 1.165) is 21.6 Å². The molecule has 8 nitrogen and oxygen atoms in total. The Hall–Kier alpha value is -3.57. The molecule has 0 fully saturated rings. The fourth-order valence-electron chi connectivity index (χ4n) is 3.47. The maximum absolute atomic E-state index is 13.6. The molecule has 0 aliphatic carbocycles. The highest BCUT2D eigenvalue weighted by molar-refractivity contribution is 6.34. The minimum atomic E-state index is -1.14. The Morgan fingerprint density at radius 2 is 1.71 bits per heavy atom. The Bertz CT molecular complexity index is 1130. The van der Waals surface area contributed by atoms with Crippen LogP contribution in [0.15, 0.2) is 36.4 Å². The van der Waals surface area contributed by atoms with Crippen LogP contribution in [0.25, 0.3) is 0 Å². The number of ether oxygens (including phenoxy) is 1. The molecule has 0 aliphatic rings. The predicted molar refractivity (Wildman–Crippen MR) is 135 cm³/mol. The molecule has 0 bridgehead atoms. The van der Waals surface area contributed by atoms with Crippen LogP contribution in [0.4, 0.5) is 10.5 Å². The minimum Gasteiger partial charge on any atom is -0.444 e. The van der Waals surface area contributed by atoms with Gasteiger partial charge in [-0.05, 0) is 69.9 Å². The first kappa shape index (κ1) is 27.7. The molecular weight excluding hydrogens is 468 g/mol. The molecule has 0 aromatic heterocycles. The average Bonchev–Trinajstić information content (AvgIpc) is 2.76. The highest BCUT2D eigenvalue weighted by atomic mass is 35.5. The molecule has 1 unspecified atom stereocenters. The van der Waals surface area contributed by atoms with E-state index in [1.165, 1.54) is 0 Å². The molecule has 2 aromatic carbocycles. The molecule has 186 valence electrons. The molecule has 0 heterocycles. The summed E-state index contributed by atoms with van der Waals surface area (Å²) in [6, 6.07) is 11.5. The van der Waals surface area contributed by atoms with E-state index in [0.29, 0.717) is 16.3 Å². The second-order valence-corrected chi connectivity index (χ2v) is 9.56. The van der Waals surface area contributed by atoms with Crippen molar-refractivity contribution in [1.29, 1.82) is 5.26 Å². The van der Waals surface area contributed by atoms with Crippen molar-refractivity contribution >= 4 is 35.2 Å². The smallest absolute Gasteiger partial charge is 0.408 e. The molecule has 1 atom stereocenters. The van der Waals surface area contributed by atoms with Gasteiger partial charge in [-0.1, -0.05) is 41.9 Å². The number of nitrogens with zero attached hydrogens (tertiary/aromatic N) is 2. The molecule has 0 spiro atoms. The molecule has 35 heavy (non-hydrogen) atoms. The number of amides is 3. The summed E-state index contributed by atoms with van der Waals surface area (Å²) in [7, 11) is 0. The second kappa shape index (κ2) is 11.7. The zero-order valence-electron chi connectivity index (χ0n) is 20.9. The van der Waals surface area contributed by atoms with Crippen molar-refractivity contribution in [1.82, 2.24) is 10.2 Å². The maximum Gasteiger partial charge on any atom is 0.408 e. The van der Waals surface area contributed by atoms with Gasteiger partial charge in [0.05, 0.1) is 16.8 Å². The van der Waals surface area contributed by atoms with Gasteiger partial charge >= 0.3 is 6.09 Å². The summed E-state index contributed by atoms with van der Waals surface area (Å²) in [5.41, 5.74) is 2.71. The van der Waals surface area contributed by atoms with Crippen LogP contribution < -0.4 is 10.6 Å². The van der Waals surface area contributed by atoms with E-state index >= 15 is 0 Å². The Morgan fingerprint density at radius 3 is 2.31 bits per heavy atom. The lowest BCUT2D eigenvalue weighted by Crippen LogP contribution is -2.47. The zero-order valence-corrected chi connectivity index (χ0v) is 21.6. The molecule has 0 radical (unpaired) electrons. The fourth-order valence-corrected chi connectivity index (χ4v) is 3.73. The predicted octanol–water partition coefficient (Wildman–Crippen LogP) is 4.82. The van der Waals surface area contributed by atoms with Crippen LogP contribution in [-0.4, -0.2) is 41.5 Å². The van der Waals surface area contributed by atoms with Crippen LogP contribution in [0, 0.1) is 32.1 Å². The van der Waals surface area contributed by atoms with E-state index in [1.807, 2.05) is 26.0 Å². The van der Waals surface area contributed by atoms with E-state index in [2.05, 4.69) is 10.6 Å². The number of alkyl carbamates (subject to hydrolysis) is 1. The Labute approximate surface area is 211 Å². The number of aryl methyl sites for hydroxylation is 2. The van der Waals surface area contributed by atoms with Gasteiger partial charge in [-0.2, -0.15) is 5.26 Å². The highest BCUT2D eigenvalue weighted by Gasteiger charge is 2.33. The molecule has 2 rings (SSSR count). The van der Waals surface area contributed by atoms with Crippen molar-refractivity contribution in [2.75, 3.05) is 18.4 Å². The lowest BCUT2D eigenvalue weighted by atomic mass is 9.95. The van der Waals surface area contributed by atoms with E-state index in [9.17, 15) is 19.6 Å². The van der Waals surface area contributed by atoms with Gasteiger partial charge in [-0.15, -0.1) is 0 Å². The number of halogens is 1. The Kier molecular flexibility index (Phi) is 9.26. The third-order valence-corrected chi connectivity index (χ3v) is 5.63. The topological polar surface area (TPSA) is 112 Å². The number of carbonyl (C=O) groups excluding carboxylic acids is 3. The number of hydrogen-bond donors (Lipinski definition) is 2. The van der Waals surface area contributed by atoms with E-state index in [4.69, 9.17) is 16.3 Å². The Morgan fingerprint density at radius 1 is 1.09 bits per heavy atom. The highest BCUT2D eigenvalue weighted by Crippen LogP contribution is 2.30. The van der Waals surface area contributed by atoms with Gasteiger partial charge in [0.2, 0.25) is 5.91 Å². The maximum atomic E-state index is 13.6. The summed E-state index contributed by atoms with van der Waals surface area (Å²) < 4.78 is 5.18. The van der Waals surface area contributed by atoms with E-state index in [1.54, 1.807) is 58.0 Å². The molecule has 3 amide bonds. The summed E-state index contributed by atoms with van der Waals surface area (Å²) >= 11 is 6.31. The van der Waals surface area contributed by atoms with Crippen molar-refractivity contribution in [2.24, 2.45) is 0 Å².